The smallest absolute Gasteiger partial charge is 0.0925 e. The number of aromatic nitrogens is 2. The maximum atomic E-state index is 4.46. The monoisotopic (exact) mass is 241 g/mol. The maximum absolute atomic E-state index is 4.46. The minimum atomic E-state index is 0.981. The van der Waals surface area contributed by atoms with Crippen LogP contribution in [0.4, 0.5) is 0 Å². The highest BCUT2D eigenvalue weighted by molar-refractivity contribution is 5.32. The molecule has 0 atom stereocenters. The van der Waals surface area contributed by atoms with E-state index in [0.717, 1.165) is 32.4 Å². The van der Waals surface area contributed by atoms with Crippen LogP contribution in [0, 0.1) is 0 Å². The van der Waals surface area contributed by atoms with Crippen LogP contribution in [0.3, 0.4) is 0 Å². The molecule has 94 valence electrons. The zero-order valence-corrected chi connectivity index (χ0v) is 10.8. The minimum Gasteiger partial charge on any atom is -0.348 e. The number of imidazole rings is 1. The summed E-state index contributed by atoms with van der Waals surface area (Å²) in [5.74, 6) is 0. The van der Waals surface area contributed by atoms with Crippen LogP contribution >= 0.6 is 0 Å². The van der Waals surface area contributed by atoms with Gasteiger partial charge in [0, 0.05) is 31.6 Å². The van der Waals surface area contributed by atoms with Crippen LogP contribution in [0.2, 0.25) is 0 Å². The lowest BCUT2D eigenvalue weighted by Crippen LogP contribution is -2.25. The number of aromatic amines is 1. The van der Waals surface area contributed by atoms with Crippen LogP contribution in [0.25, 0.3) is 0 Å². The molecule has 2 heterocycles. The second-order valence-corrected chi connectivity index (χ2v) is 5.08. The molecule has 0 aliphatic carbocycles. The van der Waals surface area contributed by atoms with Gasteiger partial charge in [-0.05, 0) is 24.6 Å². The summed E-state index contributed by atoms with van der Waals surface area (Å²) in [5.41, 5.74) is 5.39. The van der Waals surface area contributed by atoms with E-state index in [0.29, 0.717) is 0 Å². The first kappa shape index (κ1) is 11.5. The lowest BCUT2D eigenvalue weighted by Gasteiger charge is -2.19. The van der Waals surface area contributed by atoms with Gasteiger partial charge in [-0.2, -0.15) is 0 Å². The molecule has 0 fully saturated rings. The molecule has 0 saturated carbocycles. The average molecular weight is 241 g/mol. The maximum Gasteiger partial charge on any atom is 0.0925 e. The molecule has 1 aliphatic heterocycles. The van der Waals surface area contributed by atoms with Crippen molar-refractivity contribution in [2.45, 2.75) is 19.3 Å². The number of fused-ring (bicyclic) bond motifs is 2. The predicted octanol–water partition coefficient (Wildman–Crippen LogP) is 2.03. The zero-order chi connectivity index (χ0) is 12.4. The van der Waals surface area contributed by atoms with Gasteiger partial charge in [-0.3, -0.25) is 0 Å². The lowest BCUT2D eigenvalue weighted by molar-refractivity contribution is 0.340. The molecule has 0 saturated heterocycles. The Hall–Kier alpha value is -1.61. The van der Waals surface area contributed by atoms with Crippen LogP contribution in [0.5, 0.6) is 0 Å². The van der Waals surface area contributed by atoms with Gasteiger partial charge < -0.3 is 9.88 Å². The van der Waals surface area contributed by atoms with E-state index in [1.807, 2.05) is 6.33 Å². The van der Waals surface area contributed by atoms with Gasteiger partial charge in [0.25, 0.3) is 0 Å². The summed E-state index contributed by atoms with van der Waals surface area (Å²) in [6, 6.07) is 8.76. The Labute approximate surface area is 108 Å². The Morgan fingerprint density at radius 3 is 2.78 bits per heavy atom. The number of nitrogens with zero attached hydrogens (tertiary/aromatic N) is 2. The van der Waals surface area contributed by atoms with Crippen LogP contribution in [0.1, 0.15) is 22.5 Å². The molecule has 3 nitrogen and oxygen atoms in total. The van der Waals surface area contributed by atoms with Crippen molar-refractivity contribution in [2.75, 3.05) is 20.1 Å². The third kappa shape index (κ3) is 2.31. The highest BCUT2D eigenvalue weighted by atomic mass is 15.1. The van der Waals surface area contributed by atoms with Gasteiger partial charge in [-0.15, -0.1) is 0 Å². The van der Waals surface area contributed by atoms with Gasteiger partial charge in [0.1, 0.15) is 0 Å². The van der Waals surface area contributed by atoms with E-state index in [9.17, 15) is 0 Å². The second-order valence-electron chi connectivity index (χ2n) is 5.08. The minimum absolute atomic E-state index is 0.981. The molecule has 0 radical (unpaired) electrons. The van der Waals surface area contributed by atoms with Crippen molar-refractivity contribution in [3.8, 4) is 0 Å². The van der Waals surface area contributed by atoms with Gasteiger partial charge in [-0.25, -0.2) is 4.98 Å². The number of likely N-dealkylation sites (N-methyl/N-ethyl adjacent to an activating group) is 1. The molecule has 0 spiro atoms. The van der Waals surface area contributed by atoms with Gasteiger partial charge in [-0.1, -0.05) is 24.3 Å². The number of hydrogen-bond acceptors (Lipinski definition) is 2. The topological polar surface area (TPSA) is 31.9 Å². The molecule has 1 N–H and O–H groups in total. The largest absolute Gasteiger partial charge is 0.348 e. The fourth-order valence-electron chi connectivity index (χ4n) is 2.60. The number of hydrogen-bond donors (Lipinski definition) is 1. The number of H-pyrrole nitrogens is 1. The van der Waals surface area contributed by atoms with Gasteiger partial charge in [0.2, 0.25) is 0 Å². The van der Waals surface area contributed by atoms with Crippen molar-refractivity contribution in [3.63, 3.8) is 0 Å². The molecule has 0 unspecified atom stereocenters. The number of benzene rings is 1. The summed E-state index contributed by atoms with van der Waals surface area (Å²) in [6.45, 7) is 2.21. The van der Waals surface area contributed by atoms with Gasteiger partial charge in [0.05, 0.1) is 12.0 Å². The van der Waals surface area contributed by atoms with Crippen molar-refractivity contribution < 1.29 is 0 Å². The summed E-state index contributed by atoms with van der Waals surface area (Å²) < 4.78 is 0. The van der Waals surface area contributed by atoms with Crippen LogP contribution < -0.4 is 0 Å². The Kier molecular flexibility index (Phi) is 3.15. The van der Waals surface area contributed by atoms with E-state index < -0.39 is 0 Å². The van der Waals surface area contributed by atoms with E-state index in [2.05, 4.69) is 46.2 Å². The Bertz CT molecular complexity index is 530. The molecule has 1 aromatic carbocycles. The molecule has 18 heavy (non-hydrogen) atoms. The molecule has 2 aromatic rings. The lowest BCUT2D eigenvalue weighted by atomic mass is 9.98. The van der Waals surface area contributed by atoms with Crippen molar-refractivity contribution in [2.24, 2.45) is 0 Å². The van der Waals surface area contributed by atoms with E-state index >= 15 is 0 Å². The Morgan fingerprint density at radius 1 is 1.11 bits per heavy atom. The van der Waals surface area contributed by atoms with Gasteiger partial charge >= 0.3 is 0 Å². The first-order chi connectivity index (χ1) is 8.83. The Balaban J connectivity index is 1.98. The summed E-state index contributed by atoms with van der Waals surface area (Å²) >= 11 is 0. The van der Waals surface area contributed by atoms with E-state index in [1.54, 1.807) is 0 Å². The van der Waals surface area contributed by atoms with E-state index in [4.69, 9.17) is 0 Å². The van der Waals surface area contributed by atoms with E-state index in [-0.39, 0.29) is 0 Å². The average Bonchev–Trinajstić information content (AvgIpc) is 2.83. The molecule has 0 bridgehead atoms. The summed E-state index contributed by atoms with van der Waals surface area (Å²) in [4.78, 5) is 10.1. The molecule has 3 rings (SSSR count). The first-order valence-corrected chi connectivity index (χ1v) is 6.59. The third-order valence-electron chi connectivity index (χ3n) is 3.79. The highest BCUT2D eigenvalue weighted by Crippen LogP contribution is 2.18. The molecule has 1 aromatic heterocycles. The van der Waals surface area contributed by atoms with Crippen LogP contribution in [-0.2, 0) is 19.3 Å². The number of rotatable bonds is 0. The summed E-state index contributed by atoms with van der Waals surface area (Å²) in [6.07, 6.45) is 4.98. The molecule has 1 aliphatic rings. The highest BCUT2D eigenvalue weighted by Gasteiger charge is 2.12. The van der Waals surface area contributed by atoms with E-state index in [1.165, 1.54) is 22.5 Å². The van der Waals surface area contributed by atoms with Crippen LogP contribution in [-0.4, -0.2) is 35.0 Å². The first-order valence-electron chi connectivity index (χ1n) is 6.59. The molecular weight excluding hydrogens is 222 g/mol. The zero-order valence-electron chi connectivity index (χ0n) is 10.8. The third-order valence-corrected chi connectivity index (χ3v) is 3.79. The van der Waals surface area contributed by atoms with Gasteiger partial charge in [0.15, 0.2) is 0 Å². The SMILES string of the molecule is CN1CCc2ccccc2Cc2[nH]cnc2CC1. The molecule has 0 amide bonds. The van der Waals surface area contributed by atoms with Crippen molar-refractivity contribution in [1.82, 2.24) is 14.9 Å². The van der Waals surface area contributed by atoms with Crippen molar-refractivity contribution in [3.05, 3.63) is 53.1 Å². The second kappa shape index (κ2) is 4.94. The van der Waals surface area contributed by atoms with Crippen molar-refractivity contribution >= 4 is 0 Å². The molecular formula is C15H19N3. The van der Waals surface area contributed by atoms with Crippen molar-refractivity contribution in [1.29, 1.82) is 0 Å². The van der Waals surface area contributed by atoms with Crippen LogP contribution in [0.15, 0.2) is 30.6 Å². The predicted molar refractivity (Wildman–Crippen MR) is 72.7 cm³/mol. The fraction of sp³-hybridized carbons (Fsp3) is 0.400. The number of nitrogens with one attached hydrogen (secondary N) is 1. The standard InChI is InChI=1S/C15H19N3/c1-18-8-6-12-4-2-3-5-13(12)10-15-14(7-9-18)16-11-17-15/h2-5,11H,6-10H2,1H3,(H,16,17). The fourth-order valence-corrected chi connectivity index (χ4v) is 2.60. The Morgan fingerprint density at radius 2 is 1.89 bits per heavy atom. The quantitative estimate of drug-likeness (QED) is 0.765. The normalized spacial score (nSPS) is 16.9. The summed E-state index contributed by atoms with van der Waals surface area (Å²) in [5, 5.41) is 0. The molecule has 3 heteroatoms. The summed E-state index contributed by atoms with van der Waals surface area (Å²) in [7, 11) is 2.19.